The Bertz CT molecular complexity index is 1410. The lowest BCUT2D eigenvalue weighted by Crippen LogP contribution is -2.32. The highest BCUT2D eigenvalue weighted by Crippen LogP contribution is 2.55. The molecule has 3 aromatic carbocycles. The Morgan fingerprint density at radius 3 is 1.85 bits per heavy atom. The summed E-state index contributed by atoms with van der Waals surface area (Å²) in [5, 5.41) is 0. The molecule has 4 heteroatoms. The van der Waals surface area contributed by atoms with Crippen molar-refractivity contribution in [3.63, 3.8) is 0 Å². The number of carbonyl (C=O) groups is 1. The quantitative estimate of drug-likeness (QED) is 0.236. The zero-order valence-corrected chi connectivity index (χ0v) is 25.7. The summed E-state index contributed by atoms with van der Waals surface area (Å²) in [5.41, 5.74) is 11.1. The summed E-state index contributed by atoms with van der Waals surface area (Å²) >= 11 is 0. The number of carbonyl (C=O) groups excluding carboxylic acids is 1. The molecule has 0 bridgehead atoms. The van der Waals surface area contributed by atoms with Crippen molar-refractivity contribution in [2.24, 2.45) is 0 Å². The van der Waals surface area contributed by atoms with Crippen LogP contribution in [0.25, 0.3) is 22.2 Å². The number of hydrogen-bond donors (Lipinski definition) is 0. The molecule has 2 fully saturated rings. The first-order chi connectivity index (χ1) is 19.4. The van der Waals surface area contributed by atoms with Crippen molar-refractivity contribution in [2.45, 2.75) is 103 Å². The van der Waals surface area contributed by atoms with E-state index in [4.69, 9.17) is 4.98 Å². The molecule has 0 unspecified atom stereocenters. The molecule has 0 saturated heterocycles. The van der Waals surface area contributed by atoms with Gasteiger partial charge in [-0.1, -0.05) is 93.1 Å². The first kappa shape index (κ1) is 28.7. The molecule has 0 amide bonds. The van der Waals surface area contributed by atoms with Gasteiger partial charge >= 0.3 is 0 Å². The molecule has 0 N–H and O–H groups in total. The molecule has 0 spiro atoms. The third kappa shape index (κ3) is 6.41. The molecule has 3 nitrogen and oxygen atoms in total. The van der Waals surface area contributed by atoms with Gasteiger partial charge in [0.05, 0.1) is 11.0 Å². The van der Waals surface area contributed by atoms with Crippen molar-refractivity contribution < 1.29 is 4.79 Å². The highest BCUT2D eigenvalue weighted by Gasteiger charge is 2.36. The van der Waals surface area contributed by atoms with Gasteiger partial charge in [0, 0.05) is 6.92 Å². The molecule has 0 atom stereocenters. The van der Waals surface area contributed by atoms with E-state index in [1.165, 1.54) is 92.0 Å². The van der Waals surface area contributed by atoms with E-state index in [0.717, 1.165) is 27.9 Å². The number of aromatic nitrogens is 2. The molecule has 40 heavy (non-hydrogen) atoms. The molecule has 4 aromatic rings. The van der Waals surface area contributed by atoms with Gasteiger partial charge in [0.1, 0.15) is 5.57 Å². The van der Waals surface area contributed by atoms with Crippen LogP contribution in [0.1, 0.15) is 92.6 Å². The SMILES string of the molecule is CC(=O)n1c(P(C2CCCCC2)C2CCCCC2)nc2cc(C)c(C)cc21.Cc1ccccc1-c1ccccc1. The van der Waals surface area contributed by atoms with Crippen molar-refractivity contribution in [2.75, 3.05) is 0 Å². The summed E-state index contributed by atoms with van der Waals surface area (Å²) in [6.07, 6.45) is 13.5. The maximum absolute atomic E-state index is 12.7. The predicted octanol–water partition coefficient (Wildman–Crippen LogP) is 9.75. The fourth-order valence-corrected chi connectivity index (χ4v) is 10.5. The summed E-state index contributed by atoms with van der Waals surface area (Å²) in [6.45, 7) is 8.14. The third-order valence-corrected chi connectivity index (χ3v) is 12.3. The largest absolute Gasteiger partial charge is 0.274 e. The van der Waals surface area contributed by atoms with Crippen molar-refractivity contribution in [3.8, 4) is 11.1 Å². The number of fused-ring (bicyclic) bond motifs is 1. The summed E-state index contributed by atoms with van der Waals surface area (Å²) in [4.78, 5) is 17.9. The number of nitrogens with zero attached hydrogens (tertiary/aromatic N) is 2. The summed E-state index contributed by atoms with van der Waals surface area (Å²) in [7, 11) is -0.380. The number of benzene rings is 3. The van der Waals surface area contributed by atoms with Gasteiger partial charge in [0.2, 0.25) is 5.91 Å². The molecule has 2 aliphatic rings. The Morgan fingerprint density at radius 2 is 1.27 bits per heavy atom. The fraction of sp³-hybridized carbons (Fsp3) is 0.444. The monoisotopic (exact) mass is 552 g/mol. The highest BCUT2D eigenvalue weighted by atomic mass is 31.1. The van der Waals surface area contributed by atoms with Crippen LogP contribution in [-0.4, -0.2) is 26.8 Å². The van der Waals surface area contributed by atoms with Crippen molar-refractivity contribution >= 4 is 30.4 Å². The molecule has 1 heterocycles. The van der Waals surface area contributed by atoms with Crippen LogP contribution in [0.15, 0.2) is 66.7 Å². The summed E-state index contributed by atoms with van der Waals surface area (Å²) in [5.74, 6) is 0.134. The molecule has 6 rings (SSSR count). The first-order valence-electron chi connectivity index (χ1n) is 15.3. The lowest BCUT2D eigenvalue weighted by molar-refractivity contribution is 0.0944. The van der Waals surface area contributed by atoms with Gasteiger partial charge in [-0.15, -0.1) is 0 Å². The molecule has 2 aliphatic carbocycles. The highest BCUT2D eigenvalue weighted by molar-refractivity contribution is 7.66. The minimum absolute atomic E-state index is 0.134. The van der Waals surface area contributed by atoms with Crippen molar-refractivity contribution in [1.82, 2.24) is 9.55 Å². The van der Waals surface area contributed by atoms with E-state index >= 15 is 0 Å². The number of imidazole rings is 1. The minimum Gasteiger partial charge on any atom is -0.274 e. The summed E-state index contributed by atoms with van der Waals surface area (Å²) < 4.78 is 2.00. The second-order valence-electron chi connectivity index (χ2n) is 11.9. The van der Waals surface area contributed by atoms with Crippen LogP contribution in [0.4, 0.5) is 0 Å². The van der Waals surface area contributed by atoms with Gasteiger partial charge in [-0.05, 0) is 106 Å². The average molecular weight is 553 g/mol. The zero-order chi connectivity index (χ0) is 28.1. The average Bonchev–Trinajstić information content (AvgIpc) is 3.33. The molecule has 210 valence electrons. The standard InChI is InChI=1S/C23H33N2OP.C13H12/c1-16-14-21-22(15-17(16)2)25(18(3)26)23(24-21)27(19-10-6-4-7-11-19)20-12-8-5-9-13-20;1-11-7-5-6-10-13(11)12-8-3-2-4-9-12/h14-15,19-20H,4-13H2,1-3H3;2-10H,1H3. The molecule has 2 saturated carbocycles. The Kier molecular flexibility index (Phi) is 9.53. The molecular formula is C36H45N2OP. The number of hydrogen-bond acceptors (Lipinski definition) is 2. The third-order valence-electron chi connectivity index (χ3n) is 8.96. The zero-order valence-electron chi connectivity index (χ0n) is 24.8. The van der Waals surface area contributed by atoms with E-state index < -0.39 is 0 Å². The van der Waals surface area contributed by atoms with E-state index in [9.17, 15) is 4.79 Å². The van der Waals surface area contributed by atoms with Crippen LogP contribution in [0.5, 0.6) is 0 Å². The number of aryl methyl sites for hydroxylation is 3. The van der Waals surface area contributed by atoms with Crippen LogP contribution < -0.4 is 5.57 Å². The molecular weight excluding hydrogens is 507 g/mol. The van der Waals surface area contributed by atoms with Gasteiger partial charge in [-0.25, -0.2) is 4.98 Å². The Morgan fingerprint density at radius 1 is 0.725 bits per heavy atom. The number of rotatable bonds is 4. The van der Waals surface area contributed by atoms with E-state index in [1.54, 1.807) is 6.92 Å². The Balaban J connectivity index is 0.000000207. The van der Waals surface area contributed by atoms with Gasteiger partial charge in [-0.3, -0.25) is 9.36 Å². The Labute approximate surface area is 242 Å². The summed E-state index contributed by atoms with van der Waals surface area (Å²) in [6, 6.07) is 23.3. The smallest absolute Gasteiger partial charge is 0.229 e. The van der Waals surface area contributed by atoms with Gasteiger partial charge in [0.25, 0.3) is 0 Å². The lowest BCUT2D eigenvalue weighted by Gasteiger charge is -2.37. The molecule has 0 radical (unpaired) electrons. The van der Waals surface area contributed by atoms with Gasteiger partial charge in [-0.2, -0.15) is 0 Å². The van der Waals surface area contributed by atoms with Gasteiger partial charge in [0.15, 0.2) is 0 Å². The van der Waals surface area contributed by atoms with Crippen LogP contribution in [0, 0.1) is 20.8 Å². The fourth-order valence-electron chi connectivity index (χ4n) is 6.66. The van der Waals surface area contributed by atoms with E-state index in [-0.39, 0.29) is 13.8 Å². The van der Waals surface area contributed by atoms with E-state index in [1.807, 2.05) is 10.6 Å². The molecule has 0 aliphatic heterocycles. The lowest BCUT2D eigenvalue weighted by atomic mass is 9.99. The maximum Gasteiger partial charge on any atom is 0.229 e. The predicted molar refractivity (Wildman–Crippen MR) is 172 cm³/mol. The van der Waals surface area contributed by atoms with E-state index in [0.29, 0.717) is 0 Å². The van der Waals surface area contributed by atoms with Crippen LogP contribution in [0.3, 0.4) is 0 Å². The minimum atomic E-state index is -0.380. The van der Waals surface area contributed by atoms with Crippen LogP contribution in [-0.2, 0) is 0 Å². The van der Waals surface area contributed by atoms with Crippen molar-refractivity contribution in [3.05, 3.63) is 83.4 Å². The Hall–Kier alpha value is -2.77. The van der Waals surface area contributed by atoms with Crippen LogP contribution in [0.2, 0.25) is 0 Å². The van der Waals surface area contributed by atoms with Gasteiger partial charge < -0.3 is 0 Å². The van der Waals surface area contributed by atoms with Crippen LogP contribution >= 0.6 is 7.92 Å². The topological polar surface area (TPSA) is 34.9 Å². The van der Waals surface area contributed by atoms with Crippen molar-refractivity contribution in [1.29, 1.82) is 0 Å². The second-order valence-corrected chi connectivity index (χ2v) is 14.5. The maximum atomic E-state index is 12.7. The second kappa shape index (κ2) is 13.3. The van der Waals surface area contributed by atoms with E-state index in [2.05, 4.69) is 81.4 Å². The normalized spacial score (nSPS) is 16.6. The first-order valence-corrected chi connectivity index (χ1v) is 16.8. The molecule has 1 aromatic heterocycles.